The third-order valence-electron chi connectivity index (χ3n) is 2.25. The molecule has 0 saturated carbocycles. The van der Waals surface area contributed by atoms with E-state index in [0.29, 0.717) is 24.5 Å². The molecule has 1 aromatic rings. The third-order valence-corrected chi connectivity index (χ3v) is 2.25. The first-order chi connectivity index (χ1) is 7.69. The van der Waals surface area contributed by atoms with E-state index < -0.39 is 6.04 Å². The summed E-state index contributed by atoms with van der Waals surface area (Å²) in [7, 11) is 1.50. The molecule has 0 fully saturated rings. The average Bonchev–Trinajstić information content (AvgIpc) is 2.29. The van der Waals surface area contributed by atoms with E-state index in [9.17, 15) is 4.39 Å². The zero-order chi connectivity index (χ0) is 12.0. The minimum atomic E-state index is -0.433. The molecule has 0 aliphatic carbocycles. The average molecular weight is 227 g/mol. The summed E-state index contributed by atoms with van der Waals surface area (Å²) >= 11 is 0. The molecule has 1 atom stereocenters. The van der Waals surface area contributed by atoms with Crippen molar-refractivity contribution in [3.05, 3.63) is 29.6 Å². The molecule has 1 aromatic carbocycles. The van der Waals surface area contributed by atoms with Crippen LogP contribution in [0.2, 0.25) is 0 Å². The largest absolute Gasteiger partial charge is 0.497 e. The summed E-state index contributed by atoms with van der Waals surface area (Å²) in [5.74, 6) is 0.134. The first-order valence-corrected chi connectivity index (χ1v) is 5.35. The minimum Gasteiger partial charge on any atom is -0.497 e. The van der Waals surface area contributed by atoms with Crippen molar-refractivity contribution >= 4 is 0 Å². The fourth-order valence-electron chi connectivity index (χ4n) is 1.38. The first-order valence-electron chi connectivity index (χ1n) is 5.35. The Balaban J connectivity index is 2.64. The van der Waals surface area contributed by atoms with Crippen LogP contribution in [-0.4, -0.2) is 20.3 Å². The lowest BCUT2D eigenvalue weighted by molar-refractivity contribution is 0.121. The highest BCUT2D eigenvalue weighted by Crippen LogP contribution is 2.20. The maximum atomic E-state index is 13.6. The molecule has 0 bridgehead atoms. The van der Waals surface area contributed by atoms with Crippen molar-refractivity contribution < 1.29 is 13.9 Å². The standard InChI is InChI=1S/C12H18FNO2/c1-3-6-16-8-12(14)10-5-4-9(15-2)7-11(10)13/h4-5,7,12H,3,6,8,14H2,1-2H3. The number of hydrogen-bond donors (Lipinski definition) is 1. The number of rotatable bonds is 6. The lowest BCUT2D eigenvalue weighted by Gasteiger charge is -2.13. The van der Waals surface area contributed by atoms with E-state index in [-0.39, 0.29) is 5.82 Å². The van der Waals surface area contributed by atoms with Crippen molar-refractivity contribution in [1.29, 1.82) is 0 Å². The molecule has 0 radical (unpaired) electrons. The van der Waals surface area contributed by atoms with Gasteiger partial charge in [0, 0.05) is 18.2 Å². The Bertz CT molecular complexity index is 331. The molecule has 4 heteroatoms. The molecule has 0 heterocycles. The van der Waals surface area contributed by atoms with Gasteiger partial charge < -0.3 is 15.2 Å². The smallest absolute Gasteiger partial charge is 0.131 e. The second-order valence-electron chi connectivity index (χ2n) is 3.57. The quantitative estimate of drug-likeness (QED) is 0.758. The number of nitrogens with two attached hydrogens (primary N) is 1. The Morgan fingerprint density at radius 3 is 2.75 bits per heavy atom. The van der Waals surface area contributed by atoms with Crippen LogP contribution in [0.3, 0.4) is 0 Å². The van der Waals surface area contributed by atoms with Gasteiger partial charge in [-0.2, -0.15) is 0 Å². The Morgan fingerprint density at radius 2 is 2.19 bits per heavy atom. The van der Waals surface area contributed by atoms with E-state index in [2.05, 4.69) is 0 Å². The SMILES string of the molecule is CCCOCC(N)c1ccc(OC)cc1F. The summed E-state index contributed by atoms with van der Waals surface area (Å²) in [5.41, 5.74) is 6.28. The molecular formula is C12H18FNO2. The van der Waals surface area contributed by atoms with Crippen LogP contribution in [0.1, 0.15) is 24.9 Å². The fraction of sp³-hybridized carbons (Fsp3) is 0.500. The van der Waals surface area contributed by atoms with Gasteiger partial charge in [-0.1, -0.05) is 13.0 Å². The normalized spacial score (nSPS) is 12.5. The molecule has 3 nitrogen and oxygen atoms in total. The zero-order valence-corrected chi connectivity index (χ0v) is 9.70. The number of ether oxygens (including phenoxy) is 2. The van der Waals surface area contributed by atoms with E-state index in [0.717, 1.165) is 6.42 Å². The number of methoxy groups -OCH3 is 1. The van der Waals surface area contributed by atoms with Gasteiger partial charge in [0.1, 0.15) is 11.6 Å². The van der Waals surface area contributed by atoms with Crippen molar-refractivity contribution in [1.82, 2.24) is 0 Å². The van der Waals surface area contributed by atoms with Crippen molar-refractivity contribution in [2.24, 2.45) is 5.73 Å². The maximum absolute atomic E-state index is 13.6. The Hall–Kier alpha value is -1.13. The number of hydrogen-bond acceptors (Lipinski definition) is 3. The van der Waals surface area contributed by atoms with Gasteiger partial charge in [-0.05, 0) is 12.5 Å². The molecule has 90 valence electrons. The molecule has 0 spiro atoms. The Kier molecular flexibility index (Phi) is 5.22. The highest BCUT2D eigenvalue weighted by molar-refractivity contribution is 5.30. The van der Waals surface area contributed by atoms with Crippen molar-refractivity contribution in [3.63, 3.8) is 0 Å². The predicted octanol–water partition coefficient (Wildman–Crippen LogP) is 2.26. The van der Waals surface area contributed by atoms with E-state index in [1.54, 1.807) is 12.1 Å². The number of benzene rings is 1. The van der Waals surface area contributed by atoms with Gasteiger partial charge >= 0.3 is 0 Å². The molecule has 0 amide bonds. The van der Waals surface area contributed by atoms with E-state index in [1.165, 1.54) is 13.2 Å². The van der Waals surface area contributed by atoms with Crippen LogP contribution in [-0.2, 0) is 4.74 Å². The first kappa shape index (κ1) is 12.9. The van der Waals surface area contributed by atoms with E-state index in [4.69, 9.17) is 15.2 Å². The summed E-state index contributed by atoms with van der Waals surface area (Å²) < 4.78 is 23.8. The number of halogens is 1. The van der Waals surface area contributed by atoms with Gasteiger partial charge in [-0.3, -0.25) is 0 Å². The maximum Gasteiger partial charge on any atom is 0.131 e. The summed E-state index contributed by atoms with van der Waals surface area (Å²) in [6.45, 7) is 2.99. The van der Waals surface area contributed by atoms with Gasteiger partial charge in [0.25, 0.3) is 0 Å². The molecular weight excluding hydrogens is 209 g/mol. The van der Waals surface area contributed by atoms with Crippen LogP contribution in [0.15, 0.2) is 18.2 Å². The summed E-state index contributed by atoms with van der Waals surface area (Å²) in [4.78, 5) is 0. The van der Waals surface area contributed by atoms with Crippen LogP contribution in [0.25, 0.3) is 0 Å². The summed E-state index contributed by atoms with van der Waals surface area (Å²) in [6, 6.07) is 4.22. The highest BCUT2D eigenvalue weighted by atomic mass is 19.1. The molecule has 0 aliphatic rings. The molecule has 1 rings (SSSR count). The molecule has 0 saturated heterocycles. The van der Waals surface area contributed by atoms with Gasteiger partial charge in [-0.25, -0.2) is 4.39 Å². The minimum absolute atomic E-state index is 0.330. The summed E-state index contributed by atoms with van der Waals surface area (Å²) in [5, 5.41) is 0. The van der Waals surface area contributed by atoms with Gasteiger partial charge in [0.05, 0.1) is 19.8 Å². The Morgan fingerprint density at radius 1 is 1.44 bits per heavy atom. The van der Waals surface area contributed by atoms with Gasteiger partial charge in [-0.15, -0.1) is 0 Å². The molecule has 0 aliphatic heterocycles. The van der Waals surface area contributed by atoms with Crippen LogP contribution in [0, 0.1) is 5.82 Å². The predicted molar refractivity (Wildman–Crippen MR) is 61.0 cm³/mol. The molecule has 2 N–H and O–H groups in total. The fourth-order valence-corrected chi connectivity index (χ4v) is 1.38. The molecule has 16 heavy (non-hydrogen) atoms. The van der Waals surface area contributed by atoms with Crippen LogP contribution >= 0.6 is 0 Å². The third kappa shape index (κ3) is 3.47. The Labute approximate surface area is 95.4 Å². The second-order valence-corrected chi connectivity index (χ2v) is 3.57. The van der Waals surface area contributed by atoms with Crippen LogP contribution in [0.5, 0.6) is 5.75 Å². The molecule has 0 aromatic heterocycles. The summed E-state index contributed by atoms with van der Waals surface area (Å²) in [6.07, 6.45) is 0.928. The lowest BCUT2D eigenvalue weighted by Crippen LogP contribution is -2.18. The van der Waals surface area contributed by atoms with E-state index in [1.807, 2.05) is 6.92 Å². The van der Waals surface area contributed by atoms with Crippen molar-refractivity contribution in [2.75, 3.05) is 20.3 Å². The highest BCUT2D eigenvalue weighted by Gasteiger charge is 2.12. The van der Waals surface area contributed by atoms with Crippen molar-refractivity contribution in [2.45, 2.75) is 19.4 Å². The monoisotopic (exact) mass is 227 g/mol. The lowest BCUT2D eigenvalue weighted by atomic mass is 10.1. The van der Waals surface area contributed by atoms with Crippen LogP contribution < -0.4 is 10.5 Å². The topological polar surface area (TPSA) is 44.5 Å². The van der Waals surface area contributed by atoms with Crippen LogP contribution in [0.4, 0.5) is 4.39 Å². The second kappa shape index (κ2) is 6.45. The van der Waals surface area contributed by atoms with Crippen molar-refractivity contribution in [3.8, 4) is 5.75 Å². The molecule has 1 unspecified atom stereocenters. The van der Waals surface area contributed by atoms with Gasteiger partial charge in [0.2, 0.25) is 0 Å². The van der Waals surface area contributed by atoms with Gasteiger partial charge in [0.15, 0.2) is 0 Å². The van der Waals surface area contributed by atoms with E-state index >= 15 is 0 Å². The zero-order valence-electron chi connectivity index (χ0n) is 9.70.